The van der Waals surface area contributed by atoms with Crippen molar-refractivity contribution in [2.75, 3.05) is 26.0 Å². The van der Waals surface area contributed by atoms with Gasteiger partial charge in [-0.3, -0.25) is 29.1 Å². The van der Waals surface area contributed by atoms with Gasteiger partial charge in [0.05, 0.1) is 23.1 Å². The zero-order valence-electron chi connectivity index (χ0n) is 15.4. The van der Waals surface area contributed by atoms with Crippen LogP contribution < -0.4 is 16.2 Å². The molecule has 2 aromatic rings. The Hall–Kier alpha value is -3.07. The fourth-order valence-corrected chi connectivity index (χ4v) is 3.23. The Labute approximate surface area is 155 Å². The highest BCUT2D eigenvalue weighted by Gasteiger charge is 2.30. The largest absolute Gasteiger partial charge is 0.324 e. The fourth-order valence-electron chi connectivity index (χ4n) is 3.23. The van der Waals surface area contributed by atoms with Gasteiger partial charge in [0.25, 0.3) is 5.56 Å². The second-order valence-electron chi connectivity index (χ2n) is 6.79. The molecule has 1 saturated heterocycles. The standard InChI is InChI=1S/C18H21N5O4/c1-10-19-11-5-4-6-12(20-15(25)9-22(2)3)16(11)18(27)23(10)13-7-8-14(24)21-17(13)26/h4-6,13H,7-9H2,1-3H3,(H,20,25)(H,21,24,26)/t13-/m1/s1. The second-order valence-corrected chi connectivity index (χ2v) is 6.79. The highest BCUT2D eigenvalue weighted by atomic mass is 16.2. The predicted molar refractivity (Wildman–Crippen MR) is 99.3 cm³/mol. The van der Waals surface area contributed by atoms with Crippen molar-refractivity contribution in [3.05, 3.63) is 34.4 Å². The van der Waals surface area contributed by atoms with E-state index in [1.807, 2.05) is 0 Å². The normalized spacial score (nSPS) is 17.3. The van der Waals surface area contributed by atoms with Crippen molar-refractivity contribution < 1.29 is 14.4 Å². The molecule has 1 aliphatic heterocycles. The third kappa shape index (κ3) is 3.72. The van der Waals surface area contributed by atoms with Crippen molar-refractivity contribution in [3.8, 4) is 0 Å². The van der Waals surface area contributed by atoms with Gasteiger partial charge in [-0.1, -0.05) is 6.07 Å². The van der Waals surface area contributed by atoms with Crippen LogP contribution in [0, 0.1) is 6.92 Å². The second kappa shape index (κ2) is 7.28. The van der Waals surface area contributed by atoms with Crippen LogP contribution in [-0.4, -0.2) is 52.8 Å². The molecule has 2 N–H and O–H groups in total. The predicted octanol–water partition coefficient (Wildman–Crippen LogP) is 0.183. The number of rotatable bonds is 4. The number of benzene rings is 1. The van der Waals surface area contributed by atoms with Gasteiger partial charge in [0, 0.05) is 6.42 Å². The molecule has 0 unspecified atom stereocenters. The average Bonchev–Trinajstić information content (AvgIpc) is 2.55. The summed E-state index contributed by atoms with van der Waals surface area (Å²) < 4.78 is 1.30. The number of fused-ring (bicyclic) bond motifs is 1. The quantitative estimate of drug-likeness (QED) is 0.742. The van der Waals surface area contributed by atoms with Crippen LogP contribution in [-0.2, 0) is 14.4 Å². The molecule has 9 nitrogen and oxygen atoms in total. The zero-order chi connectivity index (χ0) is 19.7. The van der Waals surface area contributed by atoms with E-state index in [2.05, 4.69) is 15.6 Å². The minimum atomic E-state index is -0.808. The number of hydrogen-bond donors (Lipinski definition) is 2. The Bertz CT molecular complexity index is 995. The fraction of sp³-hybridized carbons (Fsp3) is 0.389. The number of anilines is 1. The van der Waals surface area contributed by atoms with E-state index in [9.17, 15) is 19.2 Å². The number of hydrogen-bond acceptors (Lipinski definition) is 6. The average molecular weight is 371 g/mol. The van der Waals surface area contributed by atoms with E-state index in [1.165, 1.54) is 4.57 Å². The third-order valence-corrected chi connectivity index (χ3v) is 4.36. The monoisotopic (exact) mass is 371 g/mol. The lowest BCUT2D eigenvalue weighted by Crippen LogP contribution is -2.45. The van der Waals surface area contributed by atoms with Crippen molar-refractivity contribution in [3.63, 3.8) is 0 Å². The minimum absolute atomic E-state index is 0.154. The van der Waals surface area contributed by atoms with Crippen molar-refractivity contribution >= 4 is 34.3 Å². The van der Waals surface area contributed by atoms with E-state index in [1.54, 1.807) is 44.1 Å². The van der Waals surface area contributed by atoms with Crippen LogP contribution in [0.15, 0.2) is 23.0 Å². The number of carbonyl (C=O) groups excluding carboxylic acids is 3. The van der Waals surface area contributed by atoms with Gasteiger partial charge in [0.1, 0.15) is 11.9 Å². The Balaban J connectivity index is 2.10. The number of carbonyl (C=O) groups is 3. The maximum absolute atomic E-state index is 13.2. The molecule has 0 radical (unpaired) electrons. The topological polar surface area (TPSA) is 113 Å². The molecule has 1 aliphatic rings. The van der Waals surface area contributed by atoms with Crippen LogP contribution in [0.5, 0.6) is 0 Å². The number of amides is 3. The summed E-state index contributed by atoms with van der Waals surface area (Å²) in [5, 5.41) is 5.23. The molecule has 9 heteroatoms. The number of aryl methyl sites for hydroxylation is 1. The first kappa shape index (κ1) is 18.7. The van der Waals surface area contributed by atoms with Crippen molar-refractivity contribution in [2.45, 2.75) is 25.8 Å². The van der Waals surface area contributed by atoms with Gasteiger partial charge in [-0.2, -0.15) is 0 Å². The van der Waals surface area contributed by atoms with E-state index in [0.29, 0.717) is 17.0 Å². The molecule has 0 saturated carbocycles. The van der Waals surface area contributed by atoms with Gasteiger partial charge < -0.3 is 10.2 Å². The highest BCUT2D eigenvalue weighted by molar-refractivity contribution is 6.02. The first-order valence-corrected chi connectivity index (χ1v) is 8.58. The van der Waals surface area contributed by atoms with E-state index in [-0.39, 0.29) is 36.6 Å². The molecular weight excluding hydrogens is 350 g/mol. The number of nitrogens with one attached hydrogen (secondary N) is 2. The van der Waals surface area contributed by atoms with Gasteiger partial charge in [0.15, 0.2) is 0 Å². The lowest BCUT2D eigenvalue weighted by Gasteiger charge is -2.24. The van der Waals surface area contributed by atoms with E-state index < -0.39 is 17.5 Å². The van der Waals surface area contributed by atoms with Gasteiger partial charge in [-0.25, -0.2) is 4.98 Å². The van der Waals surface area contributed by atoms with Gasteiger partial charge in [-0.15, -0.1) is 0 Å². The summed E-state index contributed by atoms with van der Waals surface area (Å²) >= 11 is 0. The highest BCUT2D eigenvalue weighted by Crippen LogP contribution is 2.23. The van der Waals surface area contributed by atoms with Gasteiger partial charge in [0.2, 0.25) is 17.7 Å². The lowest BCUT2D eigenvalue weighted by molar-refractivity contribution is -0.135. The number of piperidine rings is 1. The Kier molecular flexibility index (Phi) is 5.04. The van der Waals surface area contributed by atoms with Crippen LogP contribution in [0.25, 0.3) is 10.9 Å². The number of imide groups is 1. The van der Waals surface area contributed by atoms with Crippen LogP contribution in [0.4, 0.5) is 5.69 Å². The van der Waals surface area contributed by atoms with Crippen molar-refractivity contribution in [2.24, 2.45) is 0 Å². The summed E-state index contributed by atoms with van der Waals surface area (Å²) in [5.74, 6) is -0.766. The van der Waals surface area contributed by atoms with Crippen LogP contribution >= 0.6 is 0 Å². The van der Waals surface area contributed by atoms with E-state index in [4.69, 9.17) is 0 Å². The molecule has 142 valence electrons. The summed E-state index contributed by atoms with van der Waals surface area (Å²) in [4.78, 5) is 55.1. The number of nitrogens with zero attached hydrogens (tertiary/aromatic N) is 3. The van der Waals surface area contributed by atoms with Crippen LogP contribution in [0.2, 0.25) is 0 Å². The molecule has 0 bridgehead atoms. The first-order chi connectivity index (χ1) is 12.8. The Morgan fingerprint density at radius 2 is 2.07 bits per heavy atom. The molecule has 27 heavy (non-hydrogen) atoms. The van der Waals surface area contributed by atoms with E-state index in [0.717, 1.165) is 0 Å². The van der Waals surface area contributed by atoms with Gasteiger partial charge >= 0.3 is 0 Å². The zero-order valence-corrected chi connectivity index (χ0v) is 15.4. The molecule has 1 aromatic carbocycles. The van der Waals surface area contributed by atoms with Crippen LogP contribution in [0.1, 0.15) is 24.7 Å². The van der Waals surface area contributed by atoms with E-state index >= 15 is 0 Å². The molecule has 3 amide bonds. The molecule has 0 spiro atoms. The SMILES string of the molecule is Cc1nc2cccc(NC(=O)CN(C)C)c2c(=O)n1[C@@H]1CCC(=O)NC1=O. The molecule has 1 aromatic heterocycles. The molecule has 3 rings (SSSR count). The van der Waals surface area contributed by atoms with Crippen LogP contribution in [0.3, 0.4) is 0 Å². The molecule has 0 aliphatic carbocycles. The minimum Gasteiger partial charge on any atom is -0.324 e. The summed E-state index contributed by atoms with van der Waals surface area (Å²) in [6, 6.07) is 4.21. The van der Waals surface area contributed by atoms with Crippen molar-refractivity contribution in [1.82, 2.24) is 19.8 Å². The summed E-state index contributed by atoms with van der Waals surface area (Å²) in [7, 11) is 3.53. The maximum Gasteiger partial charge on any atom is 0.264 e. The summed E-state index contributed by atoms with van der Waals surface area (Å²) in [5.41, 5.74) is 0.356. The molecule has 1 fully saturated rings. The third-order valence-electron chi connectivity index (χ3n) is 4.36. The molecular formula is C18H21N5O4. The Morgan fingerprint density at radius 1 is 1.33 bits per heavy atom. The van der Waals surface area contributed by atoms with Gasteiger partial charge in [-0.05, 0) is 39.6 Å². The van der Waals surface area contributed by atoms with Crippen molar-refractivity contribution in [1.29, 1.82) is 0 Å². The summed E-state index contributed by atoms with van der Waals surface area (Å²) in [6.45, 7) is 1.80. The molecule has 2 heterocycles. The number of likely N-dealkylation sites (N-methyl/N-ethyl adjacent to an activating group) is 1. The summed E-state index contributed by atoms with van der Waals surface area (Å²) in [6.07, 6.45) is 0.384. The Morgan fingerprint density at radius 3 is 2.74 bits per heavy atom. The lowest BCUT2D eigenvalue weighted by atomic mass is 10.1. The smallest absolute Gasteiger partial charge is 0.264 e. The maximum atomic E-state index is 13.2. The first-order valence-electron chi connectivity index (χ1n) is 8.58. The number of aromatic nitrogens is 2. The molecule has 1 atom stereocenters.